The largest absolute Gasteiger partial charge is 0.497 e. The van der Waals surface area contributed by atoms with Crippen LogP contribution in [0, 0.1) is 0 Å². The minimum absolute atomic E-state index is 0.760. The smallest absolute Gasteiger partial charge is 0.131 e. The number of hydrogen-bond donors (Lipinski definition) is 0. The molecule has 0 saturated carbocycles. The summed E-state index contributed by atoms with van der Waals surface area (Å²) in [5.74, 6) is 2.34. The summed E-state index contributed by atoms with van der Waals surface area (Å²) in [7, 11) is 1.64. The normalized spacial score (nSPS) is 9.71. The van der Waals surface area contributed by atoms with Crippen molar-refractivity contribution < 1.29 is 9.47 Å². The maximum Gasteiger partial charge on any atom is 0.131 e. The highest BCUT2D eigenvalue weighted by Crippen LogP contribution is 2.25. The van der Waals surface area contributed by atoms with Gasteiger partial charge in [-0.05, 0) is 29.8 Å². The van der Waals surface area contributed by atoms with Crippen molar-refractivity contribution in [3.63, 3.8) is 0 Å². The molecule has 86 valence electrons. The molecule has 2 aromatic carbocycles. The molecule has 0 aliphatic carbocycles. The van der Waals surface area contributed by atoms with Crippen LogP contribution in [0.4, 0.5) is 0 Å². The van der Waals surface area contributed by atoms with Crippen LogP contribution in [0.2, 0.25) is 0 Å². The van der Waals surface area contributed by atoms with Crippen LogP contribution in [0.5, 0.6) is 17.2 Å². The van der Waals surface area contributed by atoms with E-state index in [1.54, 1.807) is 13.2 Å². The van der Waals surface area contributed by atoms with Crippen molar-refractivity contribution in [3.05, 3.63) is 60.7 Å². The number of rotatable bonds is 4. The lowest BCUT2D eigenvalue weighted by molar-refractivity contribution is 0.409. The monoisotopic (exact) mass is 226 g/mol. The lowest BCUT2D eigenvalue weighted by Crippen LogP contribution is -1.86. The Bertz CT molecular complexity index is 501. The van der Waals surface area contributed by atoms with E-state index in [4.69, 9.17) is 9.47 Å². The number of ether oxygens (including phenoxy) is 2. The predicted molar refractivity (Wildman–Crippen MR) is 69.6 cm³/mol. The third-order valence-corrected chi connectivity index (χ3v) is 2.39. The van der Waals surface area contributed by atoms with Crippen LogP contribution in [0.1, 0.15) is 5.56 Å². The van der Waals surface area contributed by atoms with Gasteiger partial charge in [0, 0.05) is 6.07 Å². The van der Waals surface area contributed by atoms with Gasteiger partial charge in [-0.3, -0.25) is 0 Å². The first kappa shape index (κ1) is 11.3. The van der Waals surface area contributed by atoms with E-state index in [2.05, 4.69) is 6.58 Å². The third kappa shape index (κ3) is 2.88. The molecule has 0 fully saturated rings. The molecule has 0 aliphatic heterocycles. The van der Waals surface area contributed by atoms with E-state index < -0.39 is 0 Å². The molecule has 0 aliphatic rings. The Morgan fingerprint density at radius 1 is 0.941 bits per heavy atom. The summed E-state index contributed by atoms with van der Waals surface area (Å²) >= 11 is 0. The van der Waals surface area contributed by atoms with E-state index in [1.807, 2.05) is 48.5 Å². The zero-order valence-corrected chi connectivity index (χ0v) is 9.72. The minimum Gasteiger partial charge on any atom is -0.497 e. The second-order valence-electron chi connectivity index (χ2n) is 3.55. The maximum absolute atomic E-state index is 5.71. The van der Waals surface area contributed by atoms with Gasteiger partial charge < -0.3 is 9.47 Å². The summed E-state index contributed by atoms with van der Waals surface area (Å²) in [4.78, 5) is 0. The molecule has 17 heavy (non-hydrogen) atoms. The highest BCUT2D eigenvalue weighted by atomic mass is 16.5. The van der Waals surface area contributed by atoms with Gasteiger partial charge in [0.05, 0.1) is 7.11 Å². The topological polar surface area (TPSA) is 18.5 Å². The molecule has 0 bridgehead atoms. The molecular weight excluding hydrogens is 212 g/mol. The highest BCUT2D eigenvalue weighted by molar-refractivity contribution is 5.48. The van der Waals surface area contributed by atoms with Crippen LogP contribution in [0.15, 0.2) is 55.1 Å². The van der Waals surface area contributed by atoms with E-state index in [-0.39, 0.29) is 0 Å². The fraction of sp³-hybridized carbons (Fsp3) is 0.0667. The molecule has 0 N–H and O–H groups in total. The van der Waals surface area contributed by atoms with Crippen molar-refractivity contribution in [1.29, 1.82) is 0 Å². The molecule has 0 aromatic heterocycles. The molecule has 2 aromatic rings. The van der Waals surface area contributed by atoms with Crippen molar-refractivity contribution >= 4 is 6.08 Å². The van der Waals surface area contributed by atoms with Gasteiger partial charge in [0.15, 0.2) is 0 Å². The molecular formula is C15H14O2. The Balaban J connectivity index is 2.15. The zero-order valence-electron chi connectivity index (χ0n) is 9.72. The highest BCUT2D eigenvalue weighted by Gasteiger charge is 1.98. The Morgan fingerprint density at radius 3 is 2.29 bits per heavy atom. The van der Waals surface area contributed by atoms with E-state index in [9.17, 15) is 0 Å². The fourth-order valence-electron chi connectivity index (χ4n) is 1.47. The van der Waals surface area contributed by atoms with E-state index in [1.165, 1.54) is 0 Å². The van der Waals surface area contributed by atoms with E-state index in [0.29, 0.717) is 0 Å². The van der Waals surface area contributed by atoms with Gasteiger partial charge in [-0.1, -0.05) is 30.9 Å². The van der Waals surface area contributed by atoms with Gasteiger partial charge >= 0.3 is 0 Å². The molecule has 0 spiro atoms. The SMILES string of the molecule is C=Cc1ccc(Oc2cccc(OC)c2)cc1. The van der Waals surface area contributed by atoms with Crippen LogP contribution in [-0.2, 0) is 0 Å². The molecule has 0 unspecified atom stereocenters. The molecule has 2 rings (SSSR count). The predicted octanol–water partition coefficient (Wildman–Crippen LogP) is 4.13. The van der Waals surface area contributed by atoms with E-state index in [0.717, 1.165) is 22.8 Å². The Hall–Kier alpha value is -2.22. The summed E-state index contributed by atoms with van der Waals surface area (Å²) < 4.78 is 10.8. The number of benzene rings is 2. The lowest BCUT2D eigenvalue weighted by atomic mass is 10.2. The van der Waals surface area contributed by atoms with Gasteiger partial charge in [0.2, 0.25) is 0 Å². The maximum atomic E-state index is 5.71. The molecule has 0 atom stereocenters. The molecule has 2 nitrogen and oxygen atoms in total. The van der Waals surface area contributed by atoms with Crippen molar-refractivity contribution in [2.24, 2.45) is 0 Å². The van der Waals surface area contributed by atoms with Crippen molar-refractivity contribution in [1.82, 2.24) is 0 Å². The van der Waals surface area contributed by atoms with Crippen molar-refractivity contribution in [2.75, 3.05) is 7.11 Å². The van der Waals surface area contributed by atoms with Crippen LogP contribution < -0.4 is 9.47 Å². The molecule has 0 amide bonds. The average Bonchev–Trinajstić information content (AvgIpc) is 2.40. The van der Waals surface area contributed by atoms with Crippen LogP contribution in [0.25, 0.3) is 6.08 Å². The van der Waals surface area contributed by atoms with Gasteiger partial charge in [0.1, 0.15) is 17.2 Å². The minimum atomic E-state index is 0.760. The van der Waals surface area contributed by atoms with Crippen LogP contribution >= 0.6 is 0 Å². The molecule has 0 radical (unpaired) electrons. The first-order valence-electron chi connectivity index (χ1n) is 5.36. The van der Waals surface area contributed by atoms with Gasteiger partial charge in [-0.25, -0.2) is 0 Å². The van der Waals surface area contributed by atoms with E-state index >= 15 is 0 Å². The summed E-state index contributed by atoms with van der Waals surface area (Å²) in [5.41, 5.74) is 1.07. The van der Waals surface area contributed by atoms with Crippen molar-refractivity contribution in [2.45, 2.75) is 0 Å². The Morgan fingerprint density at radius 2 is 1.65 bits per heavy atom. The van der Waals surface area contributed by atoms with Crippen molar-refractivity contribution in [3.8, 4) is 17.2 Å². The fourth-order valence-corrected chi connectivity index (χ4v) is 1.47. The van der Waals surface area contributed by atoms with Gasteiger partial charge in [-0.2, -0.15) is 0 Å². The molecule has 2 heteroatoms. The Kier molecular flexibility index (Phi) is 3.46. The summed E-state index contributed by atoms with van der Waals surface area (Å²) in [6, 6.07) is 15.3. The number of hydrogen-bond acceptors (Lipinski definition) is 2. The summed E-state index contributed by atoms with van der Waals surface area (Å²) in [6.07, 6.45) is 1.80. The van der Waals surface area contributed by atoms with Gasteiger partial charge in [-0.15, -0.1) is 0 Å². The first-order chi connectivity index (χ1) is 8.31. The average molecular weight is 226 g/mol. The Labute approximate surface area is 101 Å². The van der Waals surface area contributed by atoms with Gasteiger partial charge in [0.25, 0.3) is 0 Å². The second kappa shape index (κ2) is 5.21. The molecule has 0 heterocycles. The lowest BCUT2D eigenvalue weighted by Gasteiger charge is -2.07. The first-order valence-corrected chi connectivity index (χ1v) is 5.36. The summed E-state index contributed by atoms with van der Waals surface area (Å²) in [5, 5.41) is 0. The van der Waals surface area contributed by atoms with Crippen LogP contribution in [-0.4, -0.2) is 7.11 Å². The van der Waals surface area contributed by atoms with Crippen LogP contribution in [0.3, 0.4) is 0 Å². The quantitative estimate of drug-likeness (QED) is 0.780. The summed E-state index contributed by atoms with van der Waals surface area (Å²) in [6.45, 7) is 3.71. The number of methoxy groups -OCH3 is 1. The molecule has 0 saturated heterocycles. The zero-order chi connectivity index (χ0) is 12.1. The third-order valence-electron chi connectivity index (χ3n) is 2.39. The second-order valence-corrected chi connectivity index (χ2v) is 3.55. The standard InChI is InChI=1S/C15H14O2/c1-3-12-7-9-13(10-8-12)17-15-6-4-5-14(11-15)16-2/h3-11H,1H2,2H3.